The highest BCUT2D eigenvalue weighted by Gasteiger charge is 2.09. The lowest BCUT2D eigenvalue weighted by Crippen LogP contribution is -2.18. The van der Waals surface area contributed by atoms with Gasteiger partial charge in [0.1, 0.15) is 12.4 Å². The molecule has 3 rings (SSSR count). The third-order valence-corrected chi connectivity index (χ3v) is 4.53. The Hall–Kier alpha value is -2.82. The number of halogens is 2. The Kier molecular flexibility index (Phi) is 6.69. The quantitative estimate of drug-likeness (QED) is 0.420. The monoisotopic (exact) mass is 412 g/mol. The van der Waals surface area contributed by atoms with Gasteiger partial charge in [-0.2, -0.15) is 5.10 Å². The van der Waals surface area contributed by atoms with Crippen molar-refractivity contribution in [1.29, 1.82) is 0 Å². The van der Waals surface area contributed by atoms with E-state index in [9.17, 15) is 4.79 Å². The van der Waals surface area contributed by atoms with Crippen LogP contribution in [0.15, 0.2) is 71.8 Å². The fraction of sp³-hybridized carbons (Fsp3) is 0.0909. The van der Waals surface area contributed by atoms with Crippen molar-refractivity contribution >= 4 is 35.3 Å². The Morgan fingerprint density at radius 3 is 2.57 bits per heavy atom. The van der Waals surface area contributed by atoms with Gasteiger partial charge in [-0.3, -0.25) is 4.79 Å². The van der Waals surface area contributed by atoms with E-state index in [0.29, 0.717) is 28.0 Å². The summed E-state index contributed by atoms with van der Waals surface area (Å²) in [5, 5.41) is 5.10. The number of carbonyl (C=O) groups excluding carboxylic acids is 1. The van der Waals surface area contributed by atoms with Crippen LogP contribution in [0.1, 0.15) is 27.0 Å². The Morgan fingerprint density at radius 2 is 1.82 bits per heavy atom. The lowest BCUT2D eigenvalue weighted by Gasteiger charge is -2.09. The number of nitrogens with zero attached hydrogens (tertiary/aromatic N) is 1. The molecule has 0 heterocycles. The minimum Gasteiger partial charge on any atom is -0.488 e. The van der Waals surface area contributed by atoms with E-state index < -0.39 is 0 Å². The summed E-state index contributed by atoms with van der Waals surface area (Å²) in [4.78, 5) is 12.2. The first-order valence-corrected chi connectivity index (χ1v) is 9.34. The van der Waals surface area contributed by atoms with Gasteiger partial charge in [0.2, 0.25) is 0 Å². The summed E-state index contributed by atoms with van der Waals surface area (Å²) in [6.07, 6.45) is 1.54. The van der Waals surface area contributed by atoms with Gasteiger partial charge in [-0.25, -0.2) is 5.43 Å². The molecular formula is C22H18Cl2N2O2. The molecule has 28 heavy (non-hydrogen) atoms. The van der Waals surface area contributed by atoms with Gasteiger partial charge in [0, 0.05) is 10.6 Å². The minimum atomic E-state index is -0.374. The van der Waals surface area contributed by atoms with Crippen molar-refractivity contribution in [3.8, 4) is 5.75 Å². The first-order valence-electron chi connectivity index (χ1n) is 8.59. The van der Waals surface area contributed by atoms with Crippen molar-refractivity contribution < 1.29 is 9.53 Å². The van der Waals surface area contributed by atoms with Gasteiger partial charge < -0.3 is 4.74 Å². The smallest absolute Gasteiger partial charge is 0.272 e. The number of hydrazone groups is 1. The predicted molar refractivity (Wildman–Crippen MR) is 113 cm³/mol. The third kappa shape index (κ3) is 5.35. The van der Waals surface area contributed by atoms with Crippen molar-refractivity contribution in [2.45, 2.75) is 13.5 Å². The van der Waals surface area contributed by atoms with Crippen molar-refractivity contribution in [2.75, 3.05) is 0 Å². The van der Waals surface area contributed by atoms with Crippen LogP contribution in [-0.2, 0) is 6.61 Å². The van der Waals surface area contributed by atoms with Crippen molar-refractivity contribution in [3.05, 3.63) is 99.0 Å². The van der Waals surface area contributed by atoms with Crippen LogP contribution >= 0.6 is 23.2 Å². The summed E-state index contributed by atoms with van der Waals surface area (Å²) in [5.74, 6) is 0.282. The average molecular weight is 413 g/mol. The van der Waals surface area contributed by atoms with Crippen LogP contribution < -0.4 is 10.2 Å². The van der Waals surface area contributed by atoms with Crippen molar-refractivity contribution in [1.82, 2.24) is 5.43 Å². The van der Waals surface area contributed by atoms with E-state index >= 15 is 0 Å². The van der Waals surface area contributed by atoms with E-state index in [1.807, 2.05) is 61.5 Å². The van der Waals surface area contributed by atoms with E-state index in [1.165, 1.54) is 6.21 Å². The summed E-state index contributed by atoms with van der Waals surface area (Å²) < 4.78 is 5.87. The standard InChI is InChI=1S/C22H18Cl2N2O2/c1-15-6-11-19(20(24)12-15)22(27)26-25-13-17-4-2-3-5-21(17)28-14-16-7-9-18(23)10-8-16/h2-13H,14H2,1H3,(H,26,27)/b25-13-. The molecule has 4 nitrogen and oxygen atoms in total. The molecule has 0 aliphatic carbocycles. The molecule has 0 aliphatic heterocycles. The number of carbonyl (C=O) groups is 1. The van der Waals surface area contributed by atoms with Gasteiger partial charge in [-0.15, -0.1) is 0 Å². The fourth-order valence-electron chi connectivity index (χ4n) is 2.49. The fourth-order valence-corrected chi connectivity index (χ4v) is 2.93. The number of aryl methyl sites for hydroxylation is 1. The van der Waals surface area contributed by atoms with E-state index in [0.717, 1.165) is 16.7 Å². The number of ether oxygens (including phenoxy) is 1. The zero-order valence-corrected chi connectivity index (χ0v) is 16.7. The topological polar surface area (TPSA) is 50.7 Å². The Morgan fingerprint density at radius 1 is 1.07 bits per heavy atom. The highest BCUT2D eigenvalue weighted by atomic mass is 35.5. The van der Waals surface area contributed by atoms with E-state index in [1.54, 1.807) is 12.1 Å². The molecule has 1 N–H and O–H groups in total. The van der Waals surface area contributed by atoms with Crippen LogP contribution in [0.25, 0.3) is 0 Å². The molecule has 0 aliphatic rings. The van der Waals surface area contributed by atoms with Crippen LogP contribution in [0, 0.1) is 6.92 Å². The highest BCUT2D eigenvalue weighted by molar-refractivity contribution is 6.33. The van der Waals surface area contributed by atoms with Crippen LogP contribution in [0.2, 0.25) is 10.0 Å². The Bertz CT molecular complexity index is 1000. The Balaban J connectivity index is 1.65. The number of hydrogen-bond donors (Lipinski definition) is 1. The molecule has 0 saturated carbocycles. The van der Waals surface area contributed by atoms with Crippen LogP contribution in [-0.4, -0.2) is 12.1 Å². The maximum absolute atomic E-state index is 12.2. The highest BCUT2D eigenvalue weighted by Crippen LogP contribution is 2.19. The van der Waals surface area contributed by atoms with E-state index in [2.05, 4.69) is 10.5 Å². The molecule has 1 amide bonds. The number of para-hydroxylation sites is 1. The van der Waals surface area contributed by atoms with Gasteiger partial charge in [0.15, 0.2) is 0 Å². The van der Waals surface area contributed by atoms with Crippen molar-refractivity contribution in [3.63, 3.8) is 0 Å². The average Bonchev–Trinajstić information content (AvgIpc) is 2.68. The second-order valence-electron chi connectivity index (χ2n) is 6.14. The molecule has 3 aromatic rings. The molecular weight excluding hydrogens is 395 g/mol. The number of hydrogen-bond acceptors (Lipinski definition) is 3. The summed E-state index contributed by atoms with van der Waals surface area (Å²) in [5.41, 5.74) is 5.59. The maximum Gasteiger partial charge on any atom is 0.272 e. The van der Waals surface area contributed by atoms with Gasteiger partial charge in [0.25, 0.3) is 5.91 Å². The number of amides is 1. The molecule has 0 spiro atoms. The van der Waals surface area contributed by atoms with Crippen LogP contribution in [0.3, 0.4) is 0 Å². The van der Waals surface area contributed by atoms with Gasteiger partial charge in [-0.05, 0) is 54.4 Å². The van der Waals surface area contributed by atoms with Gasteiger partial charge >= 0.3 is 0 Å². The van der Waals surface area contributed by atoms with Crippen LogP contribution in [0.5, 0.6) is 5.75 Å². The molecule has 0 radical (unpaired) electrons. The number of benzene rings is 3. The SMILES string of the molecule is Cc1ccc(C(=O)N/N=C\c2ccccc2OCc2ccc(Cl)cc2)c(Cl)c1. The molecule has 6 heteroatoms. The van der Waals surface area contributed by atoms with Crippen molar-refractivity contribution in [2.24, 2.45) is 5.10 Å². The second-order valence-corrected chi connectivity index (χ2v) is 6.98. The molecule has 142 valence electrons. The van der Waals surface area contributed by atoms with E-state index in [4.69, 9.17) is 27.9 Å². The first-order chi connectivity index (χ1) is 13.5. The summed E-state index contributed by atoms with van der Waals surface area (Å²) in [7, 11) is 0. The first kappa shape index (κ1) is 19.9. The summed E-state index contributed by atoms with van der Waals surface area (Å²) >= 11 is 12.0. The Labute approximate surface area is 173 Å². The van der Waals surface area contributed by atoms with Crippen LogP contribution in [0.4, 0.5) is 0 Å². The lowest BCUT2D eigenvalue weighted by molar-refractivity contribution is 0.0955. The zero-order chi connectivity index (χ0) is 19.9. The molecule has 0 unspecified atom stereocenters. The molecule has 0 saturated heterocycles. The summed E-state index contributed by atoms with van der Waals surface area (Å²) in [6.45, 7) is 2.31. The predicted octanol–water partition coefficient (Wildman–Crippen LogP) is 5.64. The maximum atomic E-state index is 12.2. The van der Waals surface area contributed by atoms with Gasteiger partial charge in [-0.1, -0.05) is 53.5 Å². The molecule has 0 atom stereocenters. The normalized spacial score (nSPS) is 10.8. The molecule has 0 fully saturated rings. The second kappa shape index (κ2) is 9.40. The van der Waals surface area contributed by atoms with E-state index in [-0.39, 0.29) is 5.91 Å². The molecule has 3 aromatic carbocycles. The summed E-state index contributed by atoms with van der Waals surface area (Å²) in [6, 6.07) is 20.1. The molecule has 0 bridgehead atoms. The zero-order valence-electron chi connectivity index (χ0n) is 15.2. The minimum absolute atomic E-state index is 0.372. The third-order valence-electron chi connectivity index (χ3n) is 3.97. The van der Waals surface area contributed by atoms with Gasteiger partial charge in [0.05, 0.1) is 16.8 Å². The number of rotatable bonds is 6. The largest absolute Gasteiger partial charge is 0.488 e. The number of nitrogens with one attached hydrogen (secondary N) is 1. The lowest BCUT2D eigenvalue weighted by atomic mass is 10.1. The molecule has 0 aromatic heterocycles.